The summed E-state index contributed by atoms with van der Waals surface area (Å²) in [5, 5.41) is 11.0. The second kappa shape index (κ2) is 6.56. The van der Waals surface area contributed by atoms with E-state index in [0.29, 0.717) is 19.8 Å². The number of carboxylic acid groups (broad SMARTS) is 1. The lowest BCUT2D eigenvalue weighted by Gasteiger charge is -2.23. The van der Waals surface area contributed by atoms with Crippen molar-refractivity contribution in [1.82, 2.24) is 10.2 Å². The molecular formula is C12H18N2O6. The van der Waals surface area contributed by atoms with E-state index >= 15 is 0 Å². The number of nitrogens with one attached hydrogen (secondary N) is 1. The van der Waals surface area contributed by atoms with Crippen LogP contribution in [0.5, 0.6) is 0 Å². The minimum Gasteiger partial charge on any atom is -0.481 e. The predicted octanol–water partition coefficient (Wildman–Crippen LogP) is -0.565. The number of hydrogen-bond acceptors (Lipinski definition) is 5. The van der Waals surface area contributed by atoms with Crippen molar-refractivity contribution in [2.45, 2.75) is 18.9 Å². The van der Waals surface area contributed by atoms with Gasteiger partial charge in [-0.05, 0) is 6.42 Å². The van der Waals surface area contributed by atoms with Crippen molar-refractivity contribution in [2.24, 2.45) is 5.92 Å². The molecule has 0 aliphatic carbocycles. The summed E-state index contributed by atoms with van der Waals surface area (Å²) < 4.78 is 10.2. The first kappa shape index (κ1) is 14.6. The van der Waals surface area contributed by atoms with Gasteiger partial charge in [0.15, 0.2) is 0 Å². The molecule has 20 heavy (non-hydrogen) atoms. The third-order valence-electron chi connectivity index (χ3n) is 3.40. The molecule has 2 fully saturated rings. The SMILES string of the molecule is O=C(O)CCNC(=O)[C@@H]1COC(=O)N1CC1CCOC1. The van der Waals surface area contributed by atoms with Gasteiger partial charge in [0, 0.05) is 25.6 Å². The summed E-state index contributed by atoms with van der Waals surface area (Å²) in [4.78, 5) is 35.4. The highest BCUT2D eigenvalue weighted by molar-refractivity contribution is 5.88. The van der Waals surface area contributed by atoms with Crippen molar-refractivity contribution >= 4 is 18.0 Å². The van der Waals surface area contributed by atoms with Gasteiger partial charge in [-0.15, -0.1) is 0 Å². The van der Waals surface area contributed by atoms with Gasteiger partial charge in [0.25, 0.3) is 0 Å². The highest BCUT2D eigenvalue weighted by atomic mass is 16.6. The van der Waals surface area contributed by atoms with Crippen LogP contribution in [0.25, 0.3) is 0 Å². The quantitative estimate of drug-likeness (QED) is 0.678. The molecule has 0 aromatic heterocycles. The van der Waals surface area contributed by atoms with Crippen molar-refractivity contribution in [3.05, 3.63) is 0 Å². The van der Waals surface area contributed by atoms with Crippen LogP contribution in [-0.2, 0) is 19.1 Å². The van der Waals surface area contributed by atoms with Gasteiger partial charge in [-0.25, -0.2) is 4.79 Å². The highest BCUT2D eigenvalue weighted by Gasteiger charge is 2.39. The van der Waals surface area contributed by atoms with Crippen molar-refractivity contribution in [1.29, 1.82) is 0 Å². The van der Waals surface area contributed by atoms with Crippen LogP contribution in [0.4, 0.5) is 4.79 Å². The molecule has 1 unspecified atom stereocenters. The molecule has 2 saturated heterocycles. The maximum absolute atomic E-state index is 11.9. The predicted molar refractivity (Wildman–Crippen MR) is 66.0 cm³/mol. The van der Waals surface area contributed by atoms with Crippen molar-refractivity contribution < 1.29 is 29.0 Å². The smallest absolute Gasteiger partial charge is 0.410 e. The van der Waals surface area contributed by atoms with Gasteiger partial charge in [-0.3, -0.25) is 14.5 Å². The summed E-state index contributed by atoms with van der Waals surface area (Å²) in [7, 11) is 0. The van der Waals surface area contributed by atoms with Crippen LogP contribution < -0.4 is 5.32 Å². The summed E-state index contributed by atoms with van der Waals surface area (Å²) in [5.41, 5.74) is 0. The monoisotopic (exact) mass is 286 g/mol. The first-order valence-electron chi connectivity index (χ1n) is 6.58. The van der Waals surface area contributed by atoms with Gasteiger partial charge >= 0.3 is 12.1 Å². The van der Waals surface area contributed by atoms with Crippen molar-refractivity contribution in [2.75, 3.05) is 32.9 Å². The number of rotatable bonds is 6. The van der Waals surface area contributed by atoms with E-state index in [-0.39, 0.29) is 31.4 Å². The van der Waals surface area contributed by atoms with Gasteiger partial charge in [-0.1, -0.05) is 0 Å². The molecule has 2 heterocycles. The third kappa shape index (κ3) is 3.60. The molecular weight excluding hydrogens is 268 g/mol. The van der Waals surface area contributed by atoms with E-state index in [1.165, 1.54) is 4.90 Å². The fourth-order valence-electron chi connectivity index (χ4n) is 2.29. The Balaban J connectivity index is 1.86. The van der Waals surface area contributed by atoms with E-state index in [9.17, 15) is 14.4 Å². The zero-order chi connectivity index (χ0) is 14.5. The number of hydrogen-bond donors (Lipinski definition) is 2. The highest BCUT2D eigenvalue weighted by Crippen LogP contribution is 2.19. The molecule has 2 amide bonds. The maximum atomic E-state index is 11.9. The number of nitrogens with zero attached hydrogens (tertiary/aromatic N) is 1. The Hall–Kier alpha value is -1.83. The summed E-state index contributed by atoms with van der Waals surface area (Å²) in [6, 6.07) is -0.683. The van der Waals surface area contributed by atoms with Crippen LogP contribution in [0, 0.1) is 5.92 Å². The number of ether oxygens (including phenoxy) is 2. The Morgan fingerprint density at radius 1 is 1.40 bits per heavy atom. The molecule has 0 aromatic carbocycles. The van der Waals surface area contributed by atoms with E-state index in [0.717, 1.165) is 6.42 Å². The van der Waals surface area contributed by atoms with Crippen LogP contribution >= 0.6 is 0 Å². The lowest BCUT2D eigenvalue weighted by atomic mass is 10.1. The Morgan fingerprint density at radius 3 is 2.85 bits per heavy atom. The lowest BCUT2D eigenvalue weighted by molar-refractivity contribution is -0.137. The molecule has 0 aromatic rings. The summed E-state index contributed by atoms with van der Waals surface area (Å²) in [6.45, 7) is 1.72. The Kier molecular flexibility index (Phi) is 4.78. The van der Waals surface area contributed by atoms with Crippen LogP contribution in [0.3, 0.4) is 0 Å². The lowest BCUT2D eigenvalue weighted by Crippen LogP contribution is -2.47. The molecule has 0 bridgehead atoms. The third-order valence-corrected chi connectivity index (χ3v) is 3.40. The number of carbonyl (C=O) groups excluding carboxylic acids is 2. The van der Waals surface area contributed by atoms with E-state index in [1.54, 1.807) is 0 Å². The molecule has 0 radical (unpaired) electrons. The minimum atomic E-state index is -0.982. The number of aliphatic carboxylic acids is 1. The zero-order valence-electron chi connectivity index (χ0n) is 11.0. The molecule has 0 spiro atoms. The second-order valence-corrected chi connectivity index (χ2v) is 4.91. The van der Waals surface area contributed by atoms with E-state index < -0.39 is 18.1 Å². The molecule has 8 heteroatoms. The Labute approximate surface area is 116 Å². The van der Waals surface area contributed by atoms with Crippen molar-refractivity contribution in [3.8, 4) is 0 Å². The van der Waals surface area contributed by atoms with Crippen LogP contribution in [0.2, 0.25) is 0 Å². The van der Waals surface area contributed by atoms with Crippen LogP contribution in [0.15, 0.2) is 0 Å². The first-order chi connectivity index (χ1) is 9.58. The maximum Gasteiger partial charge on any atom is 0.410 e. The fourth-order valence-corrected chi connectivity index (χ4v) is 2.29. The van der Waals surface area contributed by atoms with E-state index in [1.807, 2.05) is 0 Å². The van der Waals surface area contributed by atoms with Crippen LogP contribution in [0.1, 0.15) is 12.8 Å². The molecule has 112 valence electrons. The molecule has 2 atom stereocenters. The van der Waals surface area contributed by atoms with E-state index in [4.69, 9.17) is 14.6 Å². The molecule has 2 N–H and O–H groups in total. The van der Waals surface area contributed by atoms with Gasteiger partial charge in [0.1, 0.15) is 12.6 Å². The minimum absolute atomic E-state index is 0.00527. The molecule has 2 aliphatic heterocycles. The average molecular weight is 286 g/mol. The Bertz CT molecular complexity index is 393. The molecule has 2 aliphatic rings. The summed E-state index contributed by atoms with van der Waals surface area (Å²) in [5.74, 6) is -1.14. The largest absolute Gasteiger partial charge is 0.481 e. The fraction of sp³-hybridized carbons (Fsp3) is 0.750. The van der Waals surface area contributed by atoms with Gasteiger partial charge in [0.2, 0.25) is 5.91 Å². The second-order valence-electron chi connectivity index (χ2n) is 4.91. The number of carboxylic acids is 1. The summed E-state index contributed by atoms with van der Waals surface area (Å²) >= 11 is 0. The zero-order valence-corrected chi connectivity index (χ0v) is 11.0. The molecule has 2 rings (SSSR count). The normalized spacial score (nSPS) is 25.6. The molecule has 0 saturated carbocycles. The number of carbonyl (C=O) groups is 3. The average Bonchev–Trinajstić information content (AvgIpc) is 3.01. The van der Waals surface area contributed by atoms with Gasteiger partial charge < -0.3 is 19.9 Å². The molecule has 8 nitrogen and oxygen atoms in total. The van der Waals surface area contributed by atoms with Crippen molar-refractivity contribution in [3.63, 3.8) is 0 Å². The Morgan fingerprint density at radius 2 is 2.20 bits per heavy atom. The van der Waals surface area contributed by atoms with Gasteiger partial charge in [0.05, 0.1) is 13.0 Å². The topological polar surface area (TPSA) is 105 Å². The number of amides is 2. The van der Waals surface area contributed by atoms with E-state index in [2.05, 4.69) is 5.32 Å². The number of cyclic esters (lactones) is 1. The first-order valence-corrected chi connectivity index (χ1v) is 6.58. The van der Waals surface area contributed by atoms with Crippen LogP contribution in [-0.4, -0.2) is 66.9 Å². The van der Waals surface area contributed by atoms with Gasteiger partial charge in [-0.2, -0.15) is 0 Å². The summed E-state index contributed by atoms with van der Waals surface area (Å²) in [6.07, 6.45) is 0.205. The standard InChI is InChI=1S/C12H18N2O6/c15-10(16)1-3-13-11(17)9-7-20-12(18)14(9)5-8-2-4-19-6-8/h8-9H,1-7H2,(H,13,17)(H,15,16)/t8?,9-/m0/s1.